The van der Waals surface area contributed by atoms with Crippen LogP contribution in [0.15, 0.2) is 47.5 Å². The third kappa shape index (κ3) is 5.87. The Kier molecular flexibility index (Phi) is 6.96. The van der Waals surface area contributed by atoms with Crippen molar-refractivity contribution < 1.29 is 4.39 Å². The Bertz CT molecular complexity index is 651. The van der Waals surface area contributed by atoms with Crippen LogP contribution in [0.25, 0.3) is 0 Å². The monoisotopic (exact) mass is 379 g/mol. The lowest BCUT2D eigenvalue weighted by Gasteiger charge is -2.22. The molecule has 1 aliphatic rings. The van der Waals surface area contributed by atoms with E-state index in [9.17, 15) is 4.39 Å². The van der Waals surface area contributed by atoms with Crippen molar-refractivity contribution in [2.24, 2.45) is 0 Å². The Morgan fingerprint density at radius 3 is 2.64 bits per heavy atom. The number of hydrogen-bond acceptors (Lipinski definition) is 4. The van der Waals surface area contributed by atoms with E-state index < -0.39 is 0 Å². The largest absolute Gasteiger partial charge is 0.355 e. The normalized spacial score (nSPS) is 16.0. The highest BCUT2D eigenvalue weighted by atomic mass is 35.5. The molecular formula is C19H23ClFN3S. The predicted molar refractivity (Wildman–Crippen MR) is 104 cm³/mol. The van der Waals surface area contributed by atoms with Crippen LogP contribution in [0.2, 0.25) is 5.02 Å². The number of hydrogen-bond donors (Lipinski definition) is 0. The summed E-state index contributed by atoms with van der Waals surface area (Å²) in [6.45, 7) is 5.34. The van der Waals surface area contributed by atoms with E-state index in [0.29, 0.717) is 5.02 Å². The Labute approximate surface area is 158 Å². The maximum absolute atomic E-state index is 12.9. The molecule has 2 heterocycles. The highest BCUT2D eigenvalue weighted by Crippen LogP contribution is 2.20. The molecule has 0 atom stereocenters. The number of aromatic nitrogens is 1. The zero-order valence-electron chi connectivity index (χ0n) is 14.2. The zero-order chi connectivity index (χ0) is 17.5. The minimum atomic E-state index is -0.173. The Balaban J connectivity index is 1.39. The smallest absolute Gasteiger partial charge is 0.128 e. The number of nitrogens with zero attached hydrogens (tertiary/aromatic N) is 3. The summed E-state index contributed by atoms with van der Waals surface area (Å²) in [6.07, 6.45) is 4.00. The van der Waals surface area contributed by atoms with Crippen molar-refractivity contribution in [1.82, 2.24) is 9.88 Å². The summed E-state index contributed by atoms with van der Waals surface area (Å²) < 4.78 is 12.9. The van der Waals surface area contributed by atoms with Crippen LogP contribution in [0.5, 0.6) is 0 Å². The topological polar surface area (TPSA) is 19.4 Å². The highest BCUT2D eigenvalue weighted by Gasteiger charge is 2.15. The fraction of sp³-hybridized carbons (Fsp3) is 0.421. The van der Waals surface area contributed by atoms with E-state index in [1.807, 2.05) is 24.3 Å². The molecule has 1 aromatic carbocycles. The fourth-order valence-electron chi connectivity index (χ4n) is 2.99. The lowest BCUT2D eigenvalue weighted by atomic mass is 10.3. The summed E-state index contributed by atoms with van der Waals surface area (Å²) in [5, 5.41) is 0.679. The van der Waals surface area contributed by atoms with Gasteiger partial charge in [0.1, 0.15) is 11.6 Å². The SMILES string of the molecule is Fc1ccc(SCCCN2CCCN(c3ccc(Cl)cn3)CC2)cc1. The van der Waals surface area contributed by atoms with Gasteiger partial charge in [0.05, 0.1) is 5.02 Å². The van der Waals surface area contributed by atoms with Crippen LogP contribution in [0, 0.1) is 5.82 Å². The summed E-state index contributed by atoms with van der Waals surface area (Å²) in [5.41, 5.74) is 0. The lowest BCUT2D eigenvalue weighted by Crippen LogP contribution is -2.31. The van der Waals surface area contributed by atoms with E-state index in [-0.39, 0.29) is 5.82 Å². The molecule has 3 rings (SSSR count). The molecule has 0 radical (unpaired) electrons. The van der Waals surface area contributed by atoms with Gasteiger partial charge in [-0.1, -0.05) is 11.6 Å². The molecule has 1 saturated heterocycles. The van der Waals surface area contributed by atoms with Crippen molar-refractivity contribution in [1.29, 1.82) is 0 Å². The molecule has 2 aromatic rings. The standard InChI is InChI=1S/C19H23ClFN3S/c20-16-3-8-19(22-15-16)24-11-1-9-23(12-13-24)10-2-14-25-18-6-4-17(21)5-7-18/h3-8,15H,1-2,9-14H2. The third-order valence-corrected chi connectivity index (χ3v) is 5.65. The summed E-state index contributed by atoms with van der Waals surface area (Å²) in [4.78, 5) is 10.4. The molecule has 1 aliphatic heterocycles. The van der Waals surface area contributed by atoms with Crippen molar-refractivity contribution in [3.63, 3.8) is 0 Å². The van der Waals surface area contributed by atoms with Gasteiger partial charge in [0, 0.05) is 30.7 Å². The van der Waals surface area contributed by atoms with Gasteiger partial charge in [0.25, 0.3) is 0 Å². The van der Waals surface area contributed by atoms with Crippen molar-refractivity contribution in [2.45, 2.75) is 17.7 Å². The fourth-order valence-corrected chi connectivity index (χ4v) is 3.94. The van der Waals surface area contributed by atoms with Crippen LogP contribution in [0.1, 0.15) is 12.8 Å². The molecule has 0 saturated carbocycles. The first kappa shape index (κ1) is 18.5. The molecule has 6 heteroatoms. The number of pyridine rings is 1. The Hall–Kier alpha value is -1.30. The van der Waals surface area contributed by atoms with Crippen molar-refractivity contribution >= 4 is 29.2 Å². The van der Waals surface area contributed by atoms with E-state index in [0.717, 1.165) is 62.0 Å². The molecule has 0 amide bonds. The number of thioether (sulfide) groups is 1. The first-order valence-electron chi connectivity index (χ1n) is 8.68. The first-order valence-corrected chi connectivity index (χ1v) is 10.0. The minimum absolute atomic E-state index is 0.173. The van der Waals surface area contributed by atoms with E-state index in [2.05, 4.69) is 14.8 Å². The Morgan fingerprint density at radius 2 is 1.88 bits per heavy atom. The summed E-state index contributed by atoms with van der Waals surface area (Å²) >= 11 is 7.71. The average molecular weight is 380 g/mol. The maximum Gasteiger partial charge on any atom is 0.128 e. The van der Waals surface area contributed by atoms with E-state index in [1.54, 1.807) is 18.0 Å². The van der Waals surface area contributed by atoms with Gasteiger partial charge in [-0.05, 0) is 68.1 Å². The first-order chi connectivity index (χ1) is 12.2. The van der Waals surface area contributed by atoms with Gasteiger partial charge in [-0.25, -0.2) is 9.37 Å². The zero-order valence-corrected chi connectivity index (χ0v) is 15.8. The molecule has 1 aromatic heterocycles. The molecule has 0 spiro atoms. The van der Waals surface area contributed by atoms with Gasteiger partial charge < -0.3 is 9.80 Å². The molecule has 3 nitrogen and oxygen atoms in total. The average Bonchev–Trinajstić information content (AvgIpc) is 2.87. The third-order valence-electron chi connectivity index (χ3n) is 4.33. The van der Waals surface area contributed by atoms with Crippen molar-refractivity contribution in [3.8, 4) is 0 Å². The van der Waals surface area contributed by atoms with Crippen molar-refractivity contribution in [2.75, 3.05) is 43.4 Å². The maximum atomic E-state index is 12.9. The number of halogens is 2. The van der Waals surface area contributed by atoms with Gasteiger partial charge >= 0.3 is 0 Å². The molecule has 0 N–H and O–H groups in total. The second-order valence-electron chi connectivity index (χ2n) is 6.17. The number of rotatable bonds is 6. The van der Waals surface area contributed by atoms with Gasteiger partial charge in [0.2, 0.25) is 0 Å². The highest BCUT2D eigenvalue weighted by molar-refractivity contribution is 7.99. The second kappa shape index (κ2) is 9.41. The molecule has 0 unspecified atom stereocenters. The molecular weight excluding hydrogens is 357 g/mol. The Morgan fingerprint density at radius 1 is 1.04 bits per heavy atom. The molecule has 0 aliphatic carbocycles. The van der Waals surface area contributed by atoms with Crippen LogP contribution in [-0.2, 0) is 0 Å². The van der Waals surface area contributed by atoms with Gasteiger partial charge in [-0.2, -0.15) is 0 Å². The van der Waals surface area contributed by atoms with Gasteiger partial charge in [0.15, 0.2) is 0 Å². The van der Waals surface area contributed by atoms with E-state index >= 15 is 0 Å². The summed E-state index contributed by atoms with van der Waals surface area (Å²) in [5.74, 6) is 1.90. The molecule has 134 valence electrons. The van der Waals surface area contributed by atoms with Crippen molar-refractivity contribution in [3.05, 3.63) is 53.4 Å². The summed E-state index contributed by atoms with van der Waals surface area (Å²) in [6, 6.07) is 10.6. The minimum Gasteiger partial charge on any atom is -0.355 e. The quantitative estimate of drug-likeness (QED) is 0.540. The lowest BCUT2D eigenvalue weighted by molar-refractivity contribution is 0.295. The van der Waals surface area contributed by atoms with Crippen LogP contribution in [-0.4, -0.2) is 48.4 Å². The van der Waals surface area contributed by atoms with E-state index in [4.69, 9.17) is 11.6 Å². The van der Waals surface area contributed by atoms with E-state index in [1.165, 1.54) is 12.1 Å². The van der Waals surface area contributed by atoms with Gasteiger partial charge in [-0.3, -0.25) is 0 Å². The predicted octanol–water partition coefficient (Wildman–Crippen LogP) is 4.57. The number of anilines is 1. The molecule has 25 heavy (non-hydrogen) atoms. The van der Waals surface area contributed by atoms with Gasteiger partial charge in [-0.15, -0.1) is 11.8 Å². The van der Waals surface area contributed by atoms with Crippen LogP contribution in [0.3, 0.4) is 0 Å². The number of benzene rings is 1. The van der Waals surface area contributed by atoms with Crippen LogP contribution in [0.4, 0.5) is 10.2 Å². The molecule has 0 bridgehead atoms. The summed E-state index contributed by atoms with van der Waals surface area (Å²) in [7, 11) is 0. The molecule has 1 fully saturated rings. The second-order valence-corrected chi connectivity index (χ2v) is 7.78. The van der Waals surface area contributed by atoms with Crippen LogP contribution >= 0.6 is 23.4 Å². The van der Waals surface area contributed by atoms with Crippen LogP contribution < -0.4 is 4.90 Å².